The van der Waals surface area contributed by atoms with E-state index in [1.54, 1.807) is 18.9 Å². The average Bonchev–Trinajstić information content (AvgIpc) is 3.83. The molecule has 3 saturated carbocycles. The molecule has 3 aliphatic carbocycles. The summed E-state index contributed by atoms with van der Waals surface area (Å²) in [5, 5.41) is 8.49. The van der Waals surface area contributed by atoms with Crippen molar-refractivity contribution in [1.29, 1.82) is 0 Å². The Hall–Kier alpha value is -3.78. The number of anilines is 1. The highest BCUT2D eigenvalue weighted by Crippen LogP contribution is 2.48. The Kier molecular flexibility index (Phi) is 9.66. The summed E-state index contributed by atoms with van der Waals surface area (Å²) in [7, 11) is -2.23. The van der Waals surface area contributed by atoms with Crippen molar-refractivity contribution in [1.82, 2.24) is 19.9 Å². The summed E-state index contributed by atoms with van der Waals surface area (Å²) in [4.78, 5) is 61.0. The molecule has 1 aromatic carbocycles. The van der Waals surface area contributed by atoms with Crippen molar-refractivity contribution >= 4 is 50.9 Å². The van der Waals surface area contributed by atoms with Gasteiger partial charge in [0.1, 0.15) is 16.7 Å². The number of amides is 4. The zero-order chi connectivity index (χ0) is 35.1. The molecule has 14 heteroatoms. The van der Waals surface area contributed by atoms with Crippen molar-refractivity contribution in [2.24, 2.45) is 17.8 Å². The molecule has 4 aliphatic rings. The monoisotopic (exact) mass is 711 g/mol. The molecule has 0 bridgehead atoms. The second kappa shape index (κ2) is 13.5. The number of nitrogens with zero attached hydrogens (tertiary/aromatic N) is 2. The van der Waals surface area contributed by atoms with Gasteiger partial charge < -0.3 is 15.0 Å². The fourth-order valence-corrected chi connectivity index (χ4v) is 9.08. The minimum Gasteiger partial charge on any atom is -0.446 e. The quantitative estimate of drug-likeness (QED) is 0.348. The van der Waals surface area contributed by atoms with E-state index in [-0.39, 0.29) is 31.1 Å². The number of sulfonamides is 1. The molecule has 2 heterocycles. The van der Waals surface area contributed by atoms with E-state index in [4.69, 9.17) is 4.74 Å². The second-order valence-electron chi connectivity index (χ2n) is 14.2. The van der Waals surface area contributed by atoms with Crippen molar-refractivity contribution < 1.29 is 32.3 Å². The van der Waals surface area contributed by atoms with Crippen LogP contribution in [0.1, 0.15) is 76.5 Å². The van der Waals surface area contributed by atoms with Crippen LogP contribution in [-0.2, 0) is 35.6 Å². The van der Waals surface area contributed by atoms with Gasteiger partial charge in [0.2, 0.25) is 21.8 Å². The van der Waals surface area contributed by atoms with Gasteiger partial charge in [0.15, 0.2) is 0 Å². The summed E-state index contributed by atoms with van der Waals surface area (Å²) in [6, 6.07) is 5.70. The van der Waals surface area contributed by atoms with Gasteiger partial charge in [-0.2, -0.15) is 0 Å². The normalized spacial score (nSPS) is 28.7. The first kappa shape index (κ1) is 35.1. The lowest BCUT2D eigenvalue weighted by molar-refractivity contribution is -0.140. The lowest BCUT2D eigenvalue weighted by atomic mass is 9.93. The molecule has 0 saturated heterocycles. The Morgan fingerprint density at radius 3 is 2.63 bits per heavy atom. The molecule has 3 N–H and O–H groups in total. The average molecular weight is 712 g/mol. The molecular formula is C35H45N5O7S2. The third kappa shape index (κ3) is 7.26. The highest BCUT2D eigenvalue weighted by molar-refractivity contribution is 7.91. The van der Waals surface area contributed by atoms with Crippen LogP contribution >= 0.6 is 11.3 Å². The van der Waals surface area contributed by atoms with Gasteiger partial charge in [-0.1, -0.05) is 25.1 Å². The number of hydrogen-bond acceptors (Lipinski definition) is 9. The van der Waals surface area contributed by atoms with Crippen molar-refractivity contribution in [3.8, 4) is 10.6 Å². The summed E-state index contributed by atoms with van der Waals surface area (Å²) >= 11 is 1.49. The minimum absolute atomic E-state index is 0.0745. The number of carbonyl (C=O) groups is 4. The van der Waals surface area contributed by atoms with Crippen molar-refractivity contribution in [2.45, 2.75) is 94.9 Å². The largest absolute Gasteiger partial charge is 0.446 e. The van der Waals surface area contributed by atoms with E-state index in [0.29, 0.717) is 25.1 Å². The Labute approximate surface area is 291 Å². The third-order valence-electron chi connectivity index (χ3n) is 10.5. The van der Waals surface area contributed by atoms with Gasteiger partial charge in [-0.05, 0) is 89.3 Å². The van der Waals surface area contributed by atoms with Crippen LogP contribution in [0.15, 0.2) is 35.7 Å². The Balaban J connectivity index is 1.21. The molecule has 6 rings (SSSR count). The number of aromatic nitrogens is 1. The van der Waals surface area contributed by atoms with E-state index in [1.807, 2.05) is 49.6 Å². The number of fused-ring (bicyclic) bond motifs is 2. The smallest absolute Gasteiger partial charge is 0.411 e. The molecule has 0 radical (unpaired) electrons. The predicted molar refractivity (Wildman–Crippen MR) is 186 cm³/mol. The van der Waals surface area contributed by atoms with Crippen LogP contribution in [-0.4, -0.2) is 72.1 Å². The van der Waals surface area contributed by atoms with Crippen molar-refractivity contribution in [3.05, 3.63) is 47.0 Å². The number of thiazole rings is 1. The predicted octanol–water partition coefficient (Wildman–Crippen LogP) is 4.70. The van der Waals surface area contributed by atoms with E-state index in [1.165, 1.54) is 11.3 Å². The molecular weight excluding hydrogens is 667 g/mol. The topological polar surface area (TPSA) is 164 Å². The van der Waals surface area contributed by atoms with Crippen molar-refractivity contribution in [2.75, 3.05) is 18.9 Å². The number of benzene rings is 1. The molecule has 264 valence electrons. The van der Waals surface area contributed by atoms with Crippen LogP contribution in [0.5, 0.6) is 0 Å². The molecule has 5 atom stereocenters. The fourth-order valence-electron chi connectivity index (χ4n) is 6.82. The summed E-state index contributed by atoms with van der Waals surface area (Å²) in [5.74, 6) is -3.59. The van der Waals surface area contributed by atoms with Gasteiger partial charge in [0.25, 0.3) is 5.91 Å². The number of carbonyl (C=O) groups excluding carboxylic acids is 4. The molecule has 49 heavy (non-hydrogen) atoms. The summed E-state index contributed by atoms with van der Waals surface area (Å²) < 4.78 is 33.1. The zero-order valence-electron chi connectivity index (χ0n) is 28.4. The van der Waals surface area contributed by atoms with E-state index >= 15 is 0 Å². The van der Waals surface area contributed by atoms with E-state index in [2.05, 4.69) is 20.3 Å². The van der Waals surface area contributed by atoms with Gasteiger partial charge in [0.05, 0.1) is 28.0 Å². The highest BCUT2D eigenvalue weighted by Gasteiger charge is 2.63. The Bertz CT molecular complexity index is 1790. The van der Waals surface area contributed by atoms with Crippen LogP contribution in [0.25, 0.3) is 10.6 Å². The highest BCUT2D eigenvalue weighted by atomic mass is 32.2. The molecule has 0 spiro atoms. The maximum atomic E-state index is 14.0. The summed E-state index contributed by atoms with van der Waals surface area (Å²) in [5.41, 5.74) is 1.76. The third-order valence-corrected chi connectivity index (χ3v) is 13.5. The lowest BCUT2D eigenvalue weighted by Crippen LogP contribution is -2.55. The van der Waals surface area contributed by atoms with Gasteiger partial charge >= 0.3 is 6.09 Å². The number of rotatable bonds is 7. The van der Waals surface area contributed by atoms with Crippen LogP contribution in [0, 0.1) is 24.7 Å². The van der Waals surface area contributed by atoms with Crippen LogP contribution < -0.4 is 15.4 Å². The maximum Gasteiger partial charge on any atom is 0.411 e. The Morgan fingerprint density at radius 2 is 1.92 bits per heavy atom. The second-order valence-corrected chi connectivity index (χ2v) is 17.3. The first-order chi connectivity index (χ1) is 23.2. The molecule has 1 aliphatic heterocycles. The number of allylic oxidation sites excluding steroid dienone is 1. The molecule has 4 amide bonds. The first-order valence-corrected chi connectivity index (χ1v) is 19.4. The number of hydrogen-bond donors (Lipinski definition) is 3. The number of aryl methyl sites for hydroxylation is 2. The summed E-state index contributed by atoms with van der Waals surface area (Å²) in [6.07, 6.45) is 6.84. The van der Waals surface area contributed by atoms with Gasteiger partial charge in [-0.3, -0.25) is 24.4 Å². The molecule has 1 aromatic heterocycles. The van der Waals surface area contributed by atoms with Gasteiger partial charge in [-0.25, -0.2) is 18.2 Å². The first-order valence-electron chi connectivity index (χ1n) is 17.1. The number of nitrogens with one attached hydrogen (secondary N) is 3. The molecule has 3 fully saturated rings. The van der Waals surface area contributed by atoms with Crippen LogP contribution in [0.4, 0.5) is 10.5 Å². The minimum atomic E-state index is -3.93. The van der Waals surface area contributed by atoms with Crippen LogP contribution in [0.3, 0.4) is 0 Å². The maximum absolute atomic E-state index is 14.0. The van der Waals surface area contributed by atoms with E-state index in [9.17, 15) is 27.6 Å². The van der Waals surface area contributed by atoms with Gasteiger partial charge in [0, 0.05) is 30.5 Å². The van der Waals surface area contributed by atoms with E-state index < -0.39 is 56.2 Å². The Morgan fingerprint density at radius 1 is 1.16 bits per heavy atom. The fraction of sp³-hybridized carbons (Fsp3) is 0.571. The molecule has 0 unspecified atom stereocenters. The van der Waals surface area contributed by atoms with Crippen molar-refractivity contribution in [3.63, 3.8) is 0 Å². The standard InChI is InChI=1S/C35H45N5O7S2/c1-5-23-20-48-30(36-23)25-12-11-21(2)16-28(25)37-33(44)47-24-17-26-27(18-24)31(42)40(4)15-9-7-6-8-10-22-19-35(22,38-29(26)41)32(43)39-49(45,46)34(3)13-14-34/h8,10-12,16,20,22,24,26-27H,5-7,9,13-15,17-19H2,1-4H3,(H,37,44)(H,38,41)(H,39,43)/b10-8-/t22-,24-,26-,27-,35-/m1/s1. The van der Waals surface area contributed by atoms with Gasteiger partial charge in [-0.15, -0.1) is 11.3 Å². The van der Waals surface area contributed by atoms with E-state index in [0.717, 1.165) is 47.5 Å². The lowest BCUT2D eigenvalue weighted by Gasteiger charge is -2.27. The number of ether oxygens (including phenoxy) is 1. The SMILES string of the molecule is CCc1csc(-c2ccc(C)cc2NC(=O)O[C@@H]2C[C@H]3C(=O)N[C@]4(C(=O)NS(=O)(=O)C5(C)CC5)C[C@H]4/C=C\CCCCN(C)C(=O)[C@@H]3C2)n1. The summed E-state index contributed by atoms with van der Waals surface area (Å²) in [6.45, 7) is 6.06. The zero-order valence-corrected chi connectivity index (χ0v) is 30.0. The van der Waals surface area contributed by atoms with Crippen LogP contribution in [0.2, 0.25) is 0 Å². The molecule has 12 nitrogen and oxygen atoms in total. The molecule has 2 aromatic rings.